The van der Waals surface area contributed by atoms with Gasteiger partial charge >= 0.3 is 0 Å². The van der Waals surface area contributed by atoms with Crippen LogP contribution in [0.5, 0.6) is 5.75 Å². The van der Waals surface area contributed by atoms with Crippen LogP contribution in [-0.4, -0.2) is 42.2 Å². The molecule has 5 heteroatoms. The third-order valence-electron chi connectivity index (χ3n) is 3.69. The maximum Gasteiger partial charge on any atom is 0.170 e. The lowest BCUT2D eigenvalue weighted by Crippen LogP contribution is -2.27. The van der Waals surface area contributed by atoms with E-state index in [-0.39, 0.29) is 5.84 Å². The second-order valence-electron chi connectivity index (χ2n) is 6.05. The van der Waals surface area contributed by atoms with Crippen molar-refractivity contribution < 1.29 is 9.94 Å². The Labute approximate surface area is 120 Å². The van der Waals surface area contributed by atoms with Crippen molar-refractivity contribution in [2.75, 3.05) is 26.2 Å². The molecule has 5 nitrogen and oxygen atoms in total. The van der Waals surface area contributed by atoms with Gasteiger partial charge in [-0.05, 0) is 42.6 Å². The first-order valence-corrected chi connectivity index (χ1v) is 6.93. The van der Waals surface area contributed by atoms with E-state index in [9.17, 15) is 0 Å². The van der Waals surface area contributed by atoms with Gasteiger partial charge in [-0.15, -0.1) is 0 Å². The lowest BCUT2D eigenvalue weighted by Gasteiger charge is -2.19. The fourth-order valence-corrected chi connectivity index (χ4v) is 2.49. The molecule has 20 heavy (non-hydrogen) atoms. The summed E-state index contributed by atoms with van der Waals surface area (Å²) in [4.78, 5) is 2.44. The smallest absolute Gasteiger partial charge is 0.170 e. The molecule has 3 N–H and O–H groups in total. The molecule has 110 valence electrons. The number of oxime groups is 1. The largest absolute Gasteiger partial charge is 0.492 e. The minimum Gasteiger partial charge on any atom is -0.492 e. The molecule has 0 spiro atoms. The van der Waals surface area contributed by atoms with Gasteiger partial charge in [0.15, 0.2) is 5.84 Å². The van der Waals surface area contributed by atoms with Crippen LogP contribution in [0.25, 0.3) is 0 Å². The van der Waals surface area contributed by atoms with Gasteiger partial charge in [0, 0.05) is 18.7 Å². The molecule has 0 unspecified atom stereocenters. The maximum atomic E-state index is 8.59. The van der Waals surface area contributed by atoms with Crippen LogP contribution in [-0.2, 0) is 0 Å². The van der Waals surface area contributed by atoms with Gasteiger partial charge in [0.25, 0.3) is 0 Å². The average Bonchev–Trinajstić information content (AvgIpc) is 2.78. The summed E-state index contributed by atoms with van der Waals surface area (Å²) < 4.78 is 5.72. The molecule has 0 amide bonds. The summed E-state index contributed by atoms with van der Waals surface area (Å²) >= 11 is 0. The summed E-state index contributed by atoms with van der Waals surface area (Å²) in [6.07, 6.45) is 1.25. The molecular weight excluding hydrogens is 254 g/mol. The summed E-state index contributed by atoms with van der Waals surface area (Å²) in [5.41, 5.74) is 6.62. The Hall–Kier alpha value is -1.75. The van der Waals surface area contributed by atoms with Crippen LogP contribution in [0.2, 0.25) is 0 Å². The lowest BCUT2D eigenvalue weighted by atomic mass is 9.93. The molecule has 2 rings (SSSR count). The number of hydrogen-bond donors (Lipinski definition) is 2. The number of ether oxygens (including phenoxy) is 1. The molecule has 1 aliphatic rings. The summed E-state index contributed by atoms with van der Waals surface area (Å²) in [5, 5.41) is 11.6. The van der Waals surface area contributed by atoms with Gasteiger partial charge in [0.1, 0.15) is 12.4 Å². The van der Waals surface area contributed by atoms with Crippen LogP contribution in [0.15, 0.2) is 29.4 Å². The highest BCUT2D eigenvalue weighted by molar-refractivity contribution is 5.97. The third kappa shape index (κ3) is 3.87. The molecule has 1 fully saturated rings. The van der Waals surface area contributed by atoms with Gasteiger partial charge in [-0.2, -0.15) is 0 Å². The Morgan fingerprint density at radius 1 is 1.40 bits per heavy atom. The van der Waals surface area contributed by atoms with Gasteiger partial charge in [0.05, 0.1) is 0 Å². The molecule has 0 aromatic heterocycles. The van der Waals surface area contributed by atoms with Crippen molar-refractivity contribution in [3.8, 4) is 5.75 Å². The van der Waals surface area contributed by atoms with Crippen molar-refractivity contribution in [2.45, 2.75) is 20.3 Å². The lowest BCUT2D eigenvalue weighted by molar-refractivity contribution is 0.222. The standard InChI is InChI=1S/C15H23N3O2/c1-15(2)7-8-18(11-15)9-10-20-13-5-3-12(4-6-13)14(16)17-19/h3-6,19H,7-11H2,1-2H3,(H2,16,17). The van der Waals surface area contributed by atoms with Crippen LogP contribution in [0.3, 0.4) is 0 Å². The normalized spacial score (nSPS) is 19.2. The third-order valence-corrected chi connectivity index (χ3v) is 3.69. The van der Waals surface area contributed by atoms with Crippen LogP contribution in [0, 0.1) is 5.41 Å². The van der Waals surface area contributed by atoms with E-state index in [0.29, 0.717) is 17.6 Å². The average molecular weight is 277 g/mol. The van der Waals surface area contributed by atoms with Crippen LogP contribution < -0.4 is 10.5 Å². The highest BCUT2D eigenvalue weighted by Gasteiger charge is 2.28. The zero-order valence-corrected chi connectivity index (χ0v) is 12.2. The van der Waals surface area contributed by atoms with Crippen molar-refractivity contribution >= 4 is 5.84 Å². The van der Waals surface area contributed by atoms with Gasteiger partial charge < -0.3 is 15.7 Å². The van der Waals surface area contributed by atoms with Crippen molar-refractivity contribution in [2.24, 2.45) is 16.3 Å². The molecule has 1 heterocycles. The second-order valence-corrected chi connectivity index (χ2v) is 6.05. The Balaban J connectivity index is 1.77. The van der Waals surface area contributed by atoms with Gasteiger partial charge in [-0.3, -0.25) is 4.90 Å². The van der Waals surface area contributed by atoms with Gasteiger partial charge in [-0.1, -0.05) is 19.0 Å². The zero-order valence-electron chi connectivity index (χ0n) is 12.2. The molecule has 0 atom stereocenters. The monoisotopic (exact) mass is 277 g/mol. The first-order valence-electron chi connectivity index (χ1n) is 6.93. The van der Waals surface area contributed by atoms with Gasteiger partial charge in [0.2, 0.25) is 0 Å². The number of likely N-dealkylation sites (tertiary alicyclic amines) is 1. The van der Waals surface area contributed by atoms with Crippen LogP contribution in [0.4, 0.5) is 0 Å². The van der Waals surface area contributed by atoms with E-state index in [1.54, 1.807) is 12.1 Å². The Kier molecular flexibility index (Phi) is 4.49. The molecule has 0 radical (unpaired) electrons. The number of rotatable bonds is 5. The molecule has 1 saturated heterocycles. The summed E-state index contributed by atoms with van der Waals surface area (Å²) in [7, 11) is 0. The SMILES string of the molecule is CC1(C)CCN(CCOc2ccc(/C(N)=N/O)cc2)C1. The van der Waals surface area contributed by atoms with Crippen molar-refractivity contribution in [3.05, 3.63) is 29.8 Å². The molecule has 0 saturated carbocycles. The number of nitrogens with two attached hydrogens (primary N) is 1. The molecule has 1 aromatic carbocycles. The van der Waals surface area contributed by atoms with E-state index in [2.05, 4.69) is 23.9 Å². The van der Waals surface area contributed by atoms with E-state index in [1.807, 2.05) is 12.1 Å². The van der Waals surface area contributed by atoms with Gasteiger partial charge in [-0.25, -0.2) is 0 Å². The first kappa shape index (κ1) is 14.7. The van der Waals surface area contributed by atoms with Crippen molar-refractivity contribution in [1.29, 1.82) is 0 Å². The number of hydrogen-bond acceptors (Lipinski definition) is 4. The summed E-state index contributed by atoms with van der Waals surface area (Å²) in [6, 6.07) is 7.23. The molecule has 1 aliphatic heterocycles. The van der Waals surface area contributed by atoms with E-state index in [4.69, 9.17) is 15.7 Å². The number of nitrogens with zero attached hydrogens (tertiary/aromatic N) is 2. The summed E-state index contributed by atoms with van der Waals surface area (Å²) in [6.45, 7) is 8.53. The highest BCUT2D eigenvalue weighted by atomic mass is 16.5. The number of benzene rings is 1. The van der Waals surface area contributed by atoms with E-state index >= 15 is 0 Å². The Bertz CT molecular complexity index is 469. The fraction of sp³-hybridized carbons (Fsp3) is 0.533. The fourth-order valence-electron chi connectivity index (χ4n) is 2.49. The predicted octanol–water partition coefficient (Wildman–Crippen LogP) is 1.89. The maximum absolute atomic E-state index is 8.59. The Morgan fingerprint density at radius 3 is 2.65 bits per heavy atom. The topological polar surface area (TPSA) is 71.1 Å². The summed E-state index contributed by atoms with van der Waals surface area (Å²) in [5.74, 6) is 0.911. The molecule has 1 aromatic rings. The second kappa shape index (κ2) is 6.13. The van der Waals surface area contributed by atoms with Crippen molar-refractivity contribution in [1.82, 2.24) is 4.90 Å². The quantitative estimate of drug-likeness (QED) is 0.373. The van der Waals surface area contributed by atoms with Crippen molar-refractivity contribution in [3.63, 3.8) is 0 Å². The molecular formula is C15H23N3O2. The molecule has 0 aliphatic carbocycles. The minimum atomic E-state index is 0.107. The van der Waals surface area contributed by atoms with Crippen LogP contribution >= 0.6 is 0 Å². The zero-order chi connectivity index (χ0) is 14.6. The van der Waals surface area contributed by atoms with Crippen LogP contribution in [0.1, 0.15) is 25.8 Å². The Morgan fingerprint density at radius 2 is 2.10 bits per heavy atom. The number of amidine groups is 1. The van der Waals surface area contributed by atoms with E-state index in [1.165, 1.54) is 6.42 Å². The van der Waals surface area contributed by atoms with E-state index in [0.717, 1.165) is 25.4 Å². The predicted molar refractivity (Wildman–Crippen MR) is 79.3 cm³/mol. The minimum absolute atomic E-state index is 0.107. The highest BCUT2D eigenvalue weighted by Crippen LogP contribution is 2.28. The first-order chi connectivity index (χ1) is 9.50. The molecule has 0 bridgehead atoms. The van der Waals surface area contributed by atoms with E-state index < -0.39 is 0 Å².